The number of aliphatic hydroxyl groups excluding tert-OH is 1. The zero-order valence-corrected chi connectivity index (χ0v) is 11.5. The molecule has 1 fully saturated rings. The van der Waals surface area contributed by atoms with Gasteiger partial charge in [0.2, 0.25) is 0 Å². The lowest BCUT2D eigenvalue weighted by Gasteiger charge is -2.19. The third-order valence-corrected chi connectivity index (χ3v) is 4.42. The topological polar surface area (TPSA) is 66.6 Å². The number of thiophene rings is 1. The van der Waals surface area contributed by atoms with Gasteiger partial charge in [0, 0.05) is 17.5 Å². The summed E-state index contributed by atoms with van der Waals surface area (Å²) in [5, 5.41) is 21.3. The highest BCUT2D eigenvalue weighted by Crippen LogP contribution is 2.42. The zero-order valence-electron chi connectivity index (χ0n) is 10.7. The SMILES string of the molecule is C#CCN(CC1CC1)c1sc([C@@H](C)O)cc1[N+](=O)[O-]. The largest absolute Gasteiger partial charge is 0.388 e. The Morgan fingerprint density at radius 3 is 2.89 bits per heavy atom. The first kappa shape index (κ1) is 13.8. The van der Waals surface area contributed by atoms with Crippen LogP contribution < -0.4 is 4.90 Å². The molecular formula is C13H16N2O3S. The van der Waals surface area contributed by atoms with Crippen molar-refractivity contribution in [3.63, 3.8) is 0 Å². The normalized spacial score (nSPS) is 15.8. The van der Waals surface area contributed by atoms with Crippen LogP contribution in [0, 0.1) is 28.4 Å². The van der Waals surface area contributed by atoms with Crippen molar-refractivity contribution in [3.05, 3.63) is 21.1 Å². The van der Waals surface area contributed by atoms with Crippen molar-refractivity contribution < 1.29 is 10.0 Å². The van der Waals surface area contributed by atoms with Gasteiger partial charge >= 0.3 is 5.69 Å². The Morgan fingerprint density at radius 2 is 2.42 bits per heavy atom. The van der Waals surface area contributed by atoms with Crippen LogP contribution in [0.25, 0.3) is 0 Å². The van der Waals surface area contributed by atoms with Gasteiger partial charge in [-0.15, -0.1) is 17.8 Å². The molecule has 1 aromatic rings. The molecule has 0 aliphatic heterocycles. The maximum atomic E-state index is 11.1. The van der Waals surface area contributed by atoms with Crippen LogP contribution in [0.1, 0.15) is 30.7 Å². The van der Waals surface area contributed by atoms with E-state index in [0.29, 0.717) is 22.3 Å². The second-order valence-electron chi connectivity index (χ2n) is 4.80. The molecule has 1 saturated carbocycles. The summed E-state index contributed by atoms with van der Waals surface area (Å²) in [5.41, 5.74) is 0.0387. The van der Waals surface area contributed by atoms with E-state index in [4.69, 9.17) is 6.42 Å². The molecule has 1 atom stereocenters. The number of aliphatic hydroxyl groups is 1. The molecule has 1 N–H and O–H groups in total. The smallest absolute Gasteiger partial charge is 0.304 e. The Hall–Kier alpha value is -1.58. The first-order chi connectivity index (χ1) is 9.02. The first-order valence-electron chi connectivity index (χ1n) is 6.17. The minimum Gasteiger partial charge on any atom is -0.388 e. The van der Waals surface area contributed by atoms with E-state index in [1.165, 1.54) is 17.4 Å². The monoisotopic (exact) mass is 280 g/mol. The van der Waals surface area contributed by atoms with Gasteiger partial charge in [0.1, 0.15) is 0 Å². The molecule has 5 nitrogen and oxygen atoms in total. The standard InChI is InChI=1S/C13H16N2O3S/c1-3-6-14(8-10-4-5-10)13-11(15(17)18)7-12(19-13)9(2)16/h1,7,9-10,16H,4-6,8H2,2H3/t9-/m1/s1. The third-order valence-electron chi connectivity index (χ3n) is 3.07. The molecule has 102 valence electrons. The number of terminal acetylenes is 1. The highest BCUT2D eigenvalue weighted by atomic mass is 32.1. The van der Waals surface area contributed by atoms with Gasteiger partial charge in [-0.3, -0.25) is 10.1 Å². The van der Waals surface area contributed by atoms with E-state index < -0.39 is 11.0 Å². The van der Waals surface area contributed by atoms with Gasteiger partial charge in [-0.05, 0) is 25.7 Å². The molecule has 1 aromatic heterocycles. The van der Waals surface area contributed by atoms with Crippen LogP contribution >= 0.6 is 11.3 Å². The summed E-state index contributed by atoms with van der Waals surface area (Å²) in [7, 11) is 0. The lowest BCUT2D eigenvalue weighted by atomic mass is 10.3. The second kappa shape index (κ2) is 5.59. The van der Waals surface area contributed by atoms with Crippen LogP contribution in [0.3, 0.4) is 0 Å². The van der Waals surface area contributed by atoms with E-state index in [0.717, 1.165) is 19.4 Å². The average molecular weight is 280 g/mol. The summed E-state index contributed by atoms with van der Waals surface area (Å²) in [5.74, 6) is 3.14. The van der Waals surface area contributed by atoms with Crippen LogP contribution in [0.5, 0.6) is 0 Å². The van der Waals surface area contributed by atoms with E-state index in [9.17, 15) is 15.2 Å². The molecule has 0 aromatic carbocycles. The van der Waals surface area contributed by atoms with Gasteiger partial charge < -0.3 is 10.0 Å². The van der Waals surface area contributed by atoms with Crippen LogP contribution in [0.4, 0.5) is 10.7 Å². The summed E-state index contributed by atoms with van der Waals surface area (Å²) in [6.07, 6.45) is 6.96. The Bertz CT molecular complexity index is 514. The molecule has 0 bridgehead atoms. The fourth-order valence-electron chi connectivity index (χ4n) is 1.89. The Kier molecular flexibility index (Phi) is 4.08. The quantitative estimate of drug-likeness (QED) is 0.494. The van der Waals surface area contributed by atoms with Crippen molar-refractivity contribution in [2.45, 2.75) is 25.9 Å². The first-order valence-corrected chi connectivity index (χ1v) is 6.99. The maximum absolute atomic E-state index is 11.1. The molecule has 0 unspecified atom stereocenters. The molecule has 1 aliphatic rings. The molecule has 1 aliphatic carbocycles. The predicted molar refractivity (Wildman–Crippen MR) is 75.4 cm³/mol. The Morgan fingerprint density at radius 1 is 1.74 bits per heavy atom. The lowest BCUT2D eigenvalue weighted by molar-refractivity contribution is -0.383. The molecule has 1 heterocycles. The zero-order chi connectivity index (χ0) is 14.0. The van der Waals surface area contributed by atoms with E-state index >= 15 is 0 Å². The maximum Gasteiger partial charge on any atom is 0.304 e. The van der Waals surface area contributed by atoms with Crippen molar-refractivity contribution in [2.75, 3.05) is 18.0 Å². The van der Waals surface area contributed by atoms with E-state index in [2.05, 4.69) is 5.92 Å². The number of rotatable bonds is 6. The van der Waals surface area contributed by atoms with Gasteiger partial charge in [0.05, 0.1) is 17.6 Å². The van der Waals surface area contributed by atoms with Crippen molar-refractivity contribution in [1.82, 2.24) is 0 Å². The summed E-state index contributed by atoms with van der Waals surface area (Å²) in [6.45, 7) is 2.72. The fraction of sp³-hybridized carbons (Fsp3) is 0.538. The van der Waals surface area contributed by atoms with Crippen LogP contribution in [0.15, 0.2) is 6.07 Å². The summed E-state index contributed by atoms with van der Waals surface area (Å²) < 4.78 is 0. The number of anilines is 1. The Labute approximate surface area is 116 Å². The summed E-state index contributed by atoms with van der Waals surface area (Å²) >= 11 is 1.25. The number of nitro groups is 1. The molecule has 0 spiro atoms. The Balaban J connectivity index is 2.32. The molecular weight excluding hydrogens is 264 g/mol. The highest BCUT2D eigenvalue weighted by Gasteiger charge is 2.30. The van der Waals surface area contributed by atoms with Gasteiger partial charge in [0.15, 0.2) is 5.00 Å². The minimum absolute atomic E-state index is 0.0387. The second-order valence-corrected chi connectivity index (χ2v) is 5.86. The van der Waals surface area contributed by atoms with Crippen LogP contribution in [0.2, 0.25) is 0 Å². The van der Waals surface area contributed by atoms with Crippen molar-refractivity contribution in [3.8, 4) is 12.3 Å². The molecule has 0 radical (unpaired) electrons. The van der Waals surface area contributed by atoms with Gasteiger partial charge in [-0.25, -0.2) is 0 Å². The number of nitrogens with zero attached hydrogens (tertiary/aromatic N) is 2. The predicted octanol–water partition coefficient (Wildman–Crippen LogP) is 2.56. The minimum atomic E-state index is -0.703. The molecule has 2 rings (SSSR count). The molecule has 0 saturated heterocycles. The molecule has 0 amide bonds. The number of hydrogen-bond donors (Lipinski definition) is 1. The number of hydrogen-bond acceptors (Lipinski definition) is 5. The summed E-state index contributed by atoms with van der Waals surface area (Å²) in [4.78, 5) is 13.2. The molecule has 19 heavy (non-hydrogen) atoms. The fourth-order valence-corrected chi connectivity index (χ4v) is 2.97. The van der Waals surface area contributed by atoms with E-state index in [-0.39, 0.29) is 5.69 Å². The van der Waals surface area contributed by atoms with Gasteiger partial charge in [0.25, 0.3) is 0 Å². The third kappa shape index (κ3) is 3.25. The van der Waals surface area contributed by atoms with Crippen LogP contribution in [-0.2, 0) is 0 Å². The van der Waals surface area contributed by atoms with Gasteiger partial charge in [-0.1, -0.05) is 5.92 Å². The highest BCUT2D eigenvalue weighted by molar-refractivity contribution is 7.16. The van der Waals surface area contributed by atoms with E-state index in [1.807, 2.05) is 4.90 Å². The van der Waals surface area contributed by atoms with Gasteiger partial charge in [-0.2, -0.15) is 0 Å². The van der Waals surface area contributed by atoms with Crippen LogP contribution in [-0.4, -0.2) is 23.1 Å². The average Bonchev–Trinajstić information content (AvgIpc) is 3.04. The molecule has 6 heteroatoms. The van der Waals surface area contributed by atoms with Crippen molar-refractivity contribution in [2.24, 2.45) is 5.92 Å². The summed E-state index contributed by atoms with van der Waals surface area (Å²) in [6, 6.07) is 1.45. The van der Waals surface area contributed by atoms with E-state index in [1.54, 1.807) is 6.92 Å². The van der Waals surface area contributed by atoms with Crippen molar-refractivity contribution >= 4 is 22.0 Å². The van der Waals surface area contributed by atoms with Crippen molar-refractivity contribution in [1.29, 1.82) is 0 Å². The lowest BCUT2D eigenvalue weighted by Crippen LogP contribution is -2.25.